The molecule has 0 aliphatic carbocycles. The summed E-state index contributed by atoms with van der Waals surface area (Å²) in [4.78, 5) is 8.31. The molecule has 2 aromatic heterocycles. The summed E-state index contributed by atoms with van der Waals surface area (Å²) in [5, 5.41) is 8.50. The Morgan fingerprint density at radius 3 is 2.67 bits per heavy atom. The molecule has 2 heterocycles. The number of nitrogens with zero attached hydrogens (tertiary/aromatic N) is 2. The van der Waals surface area contributed by atoms with Crippen LogP contribution >= 0.6 is 0 Å². The minimum Gasteiger partial charge on any atom is -0.537 e. The molecule has 1 radical (unpaired) electrons. The third-order valence-corrected chi connectivity index (χ3v) is 1.85. The highest BCUT2D eigenvalue weighted by Gasteiger charge is 2.01. The van der Waals surface area contributed by atoms with Gasteiger partial charge in [0.05, 0.1) is 11.4 Å². The van der Waals surface area contributed by atoms with Crippen LogP contribution in [0.3, 0.4) is 0 Å². The van der Waals surface area contributed by atoms with Crippen LogP contribution in [0.15, 0.2) is 42.7 Å². The predicted octanol–water partition coefficient (Wildman–Crippen LogP) is 1.05. The summed E-state index contributed by atoms with van der Waals surface area (Å²) in [5.41, 5.74) is 1.47. The van der Waals surface area contributed by atoms with Crippen molar-refractivity contribution in [1.29, 1.82) is 0 Å². The van der Waals surface area contributed by atoms with E-state index in [1.54, 1.807) is 24.5 Å². The van der Waals surface area contributed by atoms with Crippen LogP contribution in [0.4, 0.5) is 0 Å². The van der Waals surface area contributed by atoms with E-state index in [4.69, 9.17) is 9.68 Å². The number of rotatable bonds is 3. The first-order chi connectivity index (χ1) is 7.40. The minimum atomic E-state index is 0.521. The van der Waals surface area contributed by atoms with Gasteiger partial charge >= 0.3 is 7.69 Å². The van der Waals surface area contributed by atoms with Crippen molar-refractivity contribution >= 4 is 7.69 Å². The summed E-state index contributed by atoms with van der Waals surface area (Å²) in [7, 11) is 0.636. The van der Waals surface area contributed by atoms with Crippen LogP contribution in [-0.4, -0.2) is 22.7 Å². The highest BCUT2D eigenvalue weighted by Crippen LogP contribution is 2.18. The molecule has 15 heavy (non-hydrogen) atoms. The van der Waals surface area contributed by atoms with Crippen LogP contribution < -0.4 is 4.65 Å². The molecule has 2 aromatic rings. The Labute approximate surface area is 87.9 Å². The van der Waals surface area contributed by atoms with Gasteiger partial charge < -0.3 is 9.68 Å². The van der Waals surface area contributed by atoms with Gasteiger partial charge in [-0.1, -0.05) is 6.07 Å². The molecule has 0 bridgehead atoms. The van der Waals surface area contributed by atoms with Gasteiger partial charge in [0, 0.05) is 18.5 Å². The molecule has 0 unspecified atom stereocenters. The average Bonchev–Trinajstić information content (AvgIpc) is 2.31. The Morgan fingerprint density at radius 1 is 1.07 bits per heavy atom. The van der Waals surface area contributed by atoms with Gasteiger partial charge in [0.15, 0.2) is 0 Å². The van der Waals surface area contributed by atoms with Gasteiger partial charge in [-0.2, -0.15) is 0 Å². The molecular formula is C10H8BN2O2. The van der Waals surface area contributed by atoms with Crippen molar-refractivity contribution in [3.8, 4) is 17.1 Å². The minimum absolute atomic E-state index is 0.521. The van der Waals surface area contributed by atoms with Gasteiger partial charge in [0.25, 0.3) is 0 Å². The second-order valence-corrected chi connectivity index (χ2v) is 2.82. The van der Waals surface area contributed by atoms with Gasteiger partial charge in [-0.05, 0) is 18.2 Å². The van der Waals surface area contributed by atoms with Crippen molar-refractivity contribution < 1.29 is 9.68 Å². The lowest BCUT2D eigenvalue weighted by Gasteiger charge is -2.03. The Bertz CT molecular complexity index is 436. The molecule has 1 N–H and O–H groups in total. The molecule has 0 saturated heterocycles. The highest BCUT2D eigenvalue weighted by molar-refractivity contribution is 6.17. The maximum absolute atomic E-state index is 8.50. The lowest BCUT2D eigenvalue weighted by Crippen LogP contribution is -2.00. The van der Waals surface area contributed by atoms with Gasteiger partial charge in [-0.25, -0.2) is 0 Å². The van der Waals surface area contributed by atoms with E-state index in [9.17, 15) is 0 Å². The Morgan fingerprint density at radius 2 is 1.93 bits per heavy atom. The Balaban J connectivity index is 2.33. The van der Waals surface area contributed by atoms with Crippen LogP contribution in [0.25, 0.3) is 11.4 Å². The van der Waals surface area contributed by atoms with Crippen molar-refractivity contribution in [2.24, 2.45) is 0 Å². The Hall–Kier alpha value is -1.88. The molecule has 0 aromatic carbocycles. The lowest BCUT2D eigenvalue weighted by molar-refractivity contribution is 0.453. The van der Waals surface area contributed by atoms with Gasteiger partial charge in [0.1, 0.15) is 5.75 Å². The Kier molecular flexibility index (Phi) is 2.95. The summed E-state index contributed by atoms with van der Waals surface area (Å²) in [5.74, 6) is 0.521. The summed E-state index contributed by atoms with van der Waals surface area (Å²) in [6.07, 6.45) is 3.30. The zero-order valence-electron chi connectivity index (χ0n) is 7.87. The first-order valence-electron chi connectivity index (χ1n) is 4.40. The van der Waals surface area contributed by atoms with Gasteiger partial charge in [0.2, 0.25) is 0 Å². The molecule has 0 atom stereocenters. The van der Waals surface area contributed by atoms with Crippen molar-refractivity contribution in [3.63, 3.8) is 0 Å². The van der Waals surface area contributed by atoms with E-state index in [1.807, 2.05) is 18.2 Å². The average molecular weight is 199 g/mol. The van der Waals surface area contributed by atoms with Crippen molar-refractivity contribution in [2.45, 2.75) is 0 Å². The van der Waals surface area contributed by atoms with E-state index >= 15 is 0 Å². The highest BCUT2D eigenvalue weighted by atomic mass is 16.5. The normalized spacial score (nSPS) is 9.67. The molecule has 0 amide bonds. The molecule has 4 nitrogen and oxygen atoms in total. The molecule has 2 rings (SSSR count). The second kappa shape index (κ2) is 4.57. The molecule has 73 valence electrons. The van der Waals surface area contributed by atoms with E-state index in [1.165, 1.54) is 0 Å². The zero-order valence-corrected chi connectivity index (χ0v) is 7.87. The van der Waals surface area contributed by atoms with Crippen LogP contribution in [0, 0.1) is 0 Å². The summed E-state index contributed by atoms with van der Waals surface area (Å²) < 4.78 is 4.83. The van der Waals surface area contributed by atoms with Crippen LogP contribution in [0.1, 0.15) is 0 Å². The molecule has 0 saturated carbocycles. The van der Waals surface area contributed by atoms with E-state index in [2.05, 4.69) is 9.97 Å². The van der Waals surface area contributed by atoms with Gasteiger partial charge in [-0.15, -0.1) is 0 Å². The third-order valence-electron chi connectivity index (χ3n) is 1.85. The SMILES string of the molecule is O[B]Oc1ccnc(-c2ccccn2)c1. The zero-order chi connectivity index (χ0) is 10.5. The molecule has 0 aliphatic rings. The first kappa shape index (κ1) is 9.67. The monoisotopic (exact) mass is 199 g/mol. The number of hydrogen-bond donors (Lipinski definition) is 1. The predicted molar refractivity (Wildman–Crippen MR) is 56.1 cm³/mol. The summed E-state index contributed by atoms with van der Waals surface area (Å²) in [6.45, 7) is 0. The summed E-state index contributed by atoms with van der Waals surface area (Å²) >= 11 is 0. The van der Waals surface area contributed by atoms with Crippen molar-refractivity contribution in [2.75, 3.05) is 0 Å². The van der Waals surface area contributed by atoms with Crippen LogP contribution in [0.2, 0.25) is 0 Å². The van der Waals surface area contributed by atoms with E-state index in [0.717, 1.165) is 5.69 Å². The van der Waals surface area contributed by atoms with Crippen molar-refractivity contribution in [1.82, 2.24) is 9.97 Å². The third kappa shape index (κ3) is 2.32. The van der Waals surface area contributed by atoms with Crippen molar-refractivity contribution in [3.05, 3.63) is 42.7 Å². The van der Waals surface area contributed by atoms with E-state index < -0.39 is 0 Å². The molecule has 0 fully saturated rings. The lowest BCUT2D eigenvalue weighted by atomic mass is 10.2. The maximum atomic E-state index is 8.50. The molecule has 5 heteroatoms. The standard InChI is InChI=1S/C10H8BN2O2/c14-11-15-8-4-6-13-10(7-8)9-3-1-2-5-12-9/h1-7,14H. The number of pyridine rings is 2. The molecule has 0 aliphatic heterocycles. The first-order valence-corrected chi connectivity index (χ1v) is 4.40. The number of aromatic nitrogens is 2. The van der Waals surface area contributed by atoms with Gasteiger partial charge in [-0.3, -0.25) is 9.97 Å². The fraction of sp³-hybridized carbons (Fsp3) is 0. The number of hydrogen-bond acceptors (Lipinski definition) is 4. The maximum Gasteiger partial charge on any atom is 0.569 e. The van der Waals surface area contributed by atoms with E-state index in [-0.39, 0.29) is 0 Å². The molecular weight excluding hydrogens is 191 g/mol. The largest absolute Gasteiger partial charge is 0.569 e. The topological polar surface area (TPSA) is 55.2 Å². The fourth-order valence-corrected chi connectivity index (χ4v) is 1.20. The molecule has 0 spiro atoms. The smallest absolute Gasteiger partial charge is 0.537 e. The second-order valence-electron chi connectivity index (χ2n) is 2.82. The van der Waals surface area contributed by atoms with Crippen LogP contribution in [-0.2, 0) is 0 Å². The van der Waals surface area contributed by atoms with E-state index in [0.29, 0.717) is 19.1 Å². The van der Waals surface area contributed by atoms with Crippen LogP contribution in [0.5, 0.6) is 5.75 Å². The fourth-order valence-electron chi connectivity index (χ4n) is 1.20. The summed E-state index contributed by atoms with van der Waals surface area (Å²) in [6, 6.07) is 8.93. The quantitative estimate of drug-likeness (QED) is 0.750.